The fraction of sp³-hybridized carbons (Fsp3) is 0.500. The maximum Gasteiger partial charge on any atom is 0.243 e. The topological polar surface area (TPSA) is 94.4 Å². The van der Waals surface area contributed by atoms with Gasteiger partial charge in [-0.05, 0) is 29.5 Å². The highest BCUT2D eigenvalue weighted by atomic mass is 16.5. The van der Waals surface area contributed by atoms with Gasteiger partial charge in [0.1, 0.15) is 6.54 Å². The molecule has 9 heteroatoms. The minimum Gasteiger partial charge on any atom is -0.383 e. The predicted molar refractivity (Wildman–Crippen MR) is 91.2 cm³/mol. The zero-order valence-electron chi connectivity index (χ0n) is 14.2. The van der Waals surface area contributed by atoms with Crippen LogP contribution in [0.2, 0.25) is 0 Å². The first-order valence-electron chi connectivity index (χ1n) is 8.23. The van der Waals surface area contributed by atoms with Crippen LogP contribution in [0.25, 0.3) is 11.4 Å². The van der Waals surface area contributed by atoms with Crippen LogP contribution in [0.15, 0.2) is 24.3 Å². The Morgan fingerprint density at radius 3 is 2.76 bits per heavy atom. The van der Waals surface area contributed by atoms with Crippen molar-refractivity contribution < 1.29 is 14.3 Å². The summed E-state index contributed by atoms with van der Waals surface area (Å²) in [4.78, 5) is 15.3. The van der Waals surface area contributed by atoms with Crippen molar-refractivity contribution in [1.29, 1.82) is 0 Å². The number of carbonyl (C=O) groups excluding carboxylic acids is 1. The number of benzene rings is 1. The van der Waals surface area contributed by atoms with Gasteiger partial charge in [-0.3, -0.25) is 4.79 Å². The van der Waals surface area contributed by atoms with Crippen LogP contribution in [0.5, 0.6) is 0 Å². The van der Waals surface area contributed by atoms with E-state index in [1.807, 2.05) is 24.3 Å². The van der Waals surface area contributed by atoms with Gasteiger partial charge in [-0.1, -0.05) is 0 Å². The molecule has 134 valence electrons. The van der Waals surface area contributed by atoms with Crippen LogP contribution < -0.4 is 10.2 Å². The molecule has 2 heterocycles. The Balaban J connectivity index is 1.59. The number of methoxy groups -OCH3 is 1. The second-order valence-corrected chi connectivity index (χ2v) is 5.63. The third-order valence-corrected chi connectivity index (χ3v) is 3.87. The van der Waals surface area contributed by atoms with E-state index >= 15 is 0 Å². The molecule has 25 heavy (non-hydrogen) atoms. The molecular formula is C16H22N6O3. The molecule has 1 aliphatic heterocycles. The first kappa shape index (κ1) is 17.3. The molecule has 1 N–H and O–H groups in total. The number of hydrogen-bond donors (Lipinski definition) is 1. The van der Waals surface area contributed by atoms with Gasteiger partial charge in [-0.2, -0.15) is 4.80 Å². The molecule has 0 saturated carbocycles. The van der Waals surface area contributed by atoms with E-state index in [1.165, 1.54) is 4.80 Å². The molecule has 0 bridgehead atoms. The normalized spacial score (nSPS) is 14.5. The largest absolute Gasteiger partial charge is 0.383 e. The average molecular weight is 346 g/mol. The lowest BCUT2D eigenvalue weighted by molar-refractivity contribution is -0.122. The molecule has 1 fully saturated rings. The van der Waals surface area contributed by atoms with E-state index in [4.69, 9.17) is 9.47 Å². The summed E-state index contributed by atoms with van der Waals surface area (Å²) in [6, 6.07) is 8.01. The molecule has 0 atom stereocenters. The number of nitrogens with one attached hydrogen (secondary N) is 1. The maximum atomic E-state index is 11.7. The van der Waals surface area contributed by atoms with E-state index < -0.39 is 0 Å². The number of hydrogen-bond acceptors (Lipinski definition) is 7. The number of carbonyl (C=O) groups is 1. The van der Waals surface area contributed by atoms with Crippen molar-refractivity contribution in [3.8, 4) is 11.4 Å². The van der Waals surface area contributed by atoms with Gasteiger partial charge in [0.15, 0.2) is 0 Å². The second-order valence-electron chi connectivity index (χ2n) is 5.63. The number of tetrazole rings is 1. The fourth-order valence-electron chi connectivity index (χ4n) is 2.55. The molecule has 1 amide bonds. The summed E-state index contributed by atoms with van der Waals surface area (Å²) in [6.45, 7) is 4.26. The molecule has 0 spiro atoms. The van der Waals surface area contributed by atoms with Crippen LogP contribution in [0.1, 0.15) is 0 Å². The molecule has 1 aromatic carbocycles. The smallest absolute Gasteiger partial charge is 0.243 e. The highest BCUT2D eigenvalue weighted by Gasteiger charge is 2.13. The van der Waals surface area contributed by atoms with Crippen molar-refractivity contribution in [3.63, 3.8) is 0 Å². The van der Waals surface area contributed by atoms with E-state index in [9.17, 15) is 4.79 Å². The van der Waals surface area contributed by atoms with E-state index in [-0.39, 0.29) is 12.5 Å². The zero-order chi connectivity index (χ0) is 17.5. The van der Waals surface area contributed by atoms with E-state index in [0.29, 0.717) is 19.0 Å². The number of morpholine rings is 1. The van der Waals surface area contributed by atoms with E-state index in [2.05, 4.69) is 25.6 Å². The molecule has 9 nitrogen and oxygen atoms in total. The van der Waals surface area contributed by atoms with Crippen LogP contribution in [0.4, 0.5) is 5.69 Å². The van der Waals surface area contributed by atoms with Crippen LogP contribution >= 0.6 is 0 Å². The Bertz CT molecular complexity index is 681. The van der Waals surface area contributed by atoms with Gasteiger partial charge in [0, 0.05) is 38.0 Å². The lowest BCUT2D eigenvalue weighted by atomic mass is 10.2. The van der Waals surface area contributed by atoms with Crippen LogP contribution in [-0.2, 0) is 20.8 Å². The van der Waals surface area contributed by atoms with Crippen molar-refractivity contribution in [3.05, 3.63) is 24.3 Å². The number of rotatable bonds is 7. The average Bonchev–Trinajstić information content (AvgIpc) is 3.11. The van der Waals surface area contributed by atoms with Crippen LogP contribution in [0, 0.1) is 0 Å². The molecule has 3 rings (SSSR count). The summed E-state index contributed by atoms with van der Waals surface area (Å²) in [5.41, 5.74) is 2.01. The molecule has 0 aliphatic carbocycles. The Morgan fingerprint density at radius 2 is 2.04 bits per heavy atom. The van der Waals surface area contributed by atoms with Gasteiger partial charge in [-0.15, -0.1) is 10.2 Å². The highest BCUT2D eigenvalue weighted by Crippen LogP contribution is 2.20. The quantitative estimate of drug-likeness (QED) is 0.702. The number of ether oxygens (including phenoxy) is 2. The van der Waals surface area contributed by atoms with Crippen molar-refractivity contribution in [1.82, 2.24) is 25.5 Å². The Hall–Kier alpha value is -2.52. The van der Waals surface area contributed by atoms with Gasteiger partial charge in [-0.25, -0.2) is 0 Å². The standard InChI is InChI=1S/C16H22N6O3/c1-24-9-6-17-15(23)12-22-19-16(18-20-22)13-2-4-14(5-3-13)21-7-10-25-11-8-21/h2-5H,6-12H2,1H3,(H,17,23). The molecule has 1 aromatic heterocycles. The van der Waals surface area contributed by atoms with Gasteiger partial charge >= 0.3 is 0 Å². The number of anilines is 1. The fourth-order valence-corrected chi connectivity index (χ4v) is 2.55. The van der Waals surface area contributed by atoms with Crippen molar-refractivity contribution >= 4 is 11.6 Å². The van der Waals surface area contributed by atoms with Crippen molar-refractivity contribution in [2.75, 3.05) is 51.5 Å². The highest BCUT2D eigenvalue weighted by molar-refractivity contribution is 5.75. The molecule has 2 aromatic rings. The lowest BCUT2D eigenvalue weighted by Gasteiger charge is -2.28. The summed E-state index contributed by atoms with van der Waals surface area (Å²) in [5.74, 6) is 0.321. The van der Waals surface area contributed by atoms with Crippen molar-refractivity contribution in [2.45, 2.75) is 6.54 Å². The van der Waals surface area contributed by atoms with Crippen molar-refractivity contribution in [2.24, 2.45) is 0 Å². The zero-order valence-corrected chi connectivity index (χ0v) is 14.2. The predicted octanol–water partition coefficient (Wildman–Crippen LogP) is -0.0607. The van der Waals surface area contributed by atoms with Crippen LogP contribution in [0.3, 0.4) is 0 Å². The summed E-state index contributed by atoms with van der Waals surface area (Å²) in [5, 5.41) is 14.9. The van der Waals surface area contributed by atoms with E-state index in [1.54, 1.807) is 7.11 Å². The van der Waals surface area contributed by atoms with E-state index in [0.717, 1.165) is 37.6 Å². The Kier molecular flexibility index (Phi) is 5.91. The minimum absolute atomic E-state index is 0.0303. The third kappa shape index (κ3) is 4.74. The summed E-state index contributed by atoms with van der Waals surface area (Å²) < 4.78 is 10.2. The SMILES string of the molecule is COCCNC(=O)Cn1nnc(-c2ccc(N3CCOCC3)cc2)n1. The molecule has 1 saturated heterocycles. The van der Waals surface area contributed by atoms with Gasteiger partial charge in [0.2, 0.25) is 11.7 Å². The molecule has 0 radical (unpaired) electrons. The van der Waals surface area contributed by atoms with Gasteiger partial charge < -0.3 is 19.7 Å². The first-order chi connectivity index (χ1) is 12.3. The summed E-state index contributed by atoms with van der Waals surface area (Å²) in [7, 11) is 1.59. The first-order valence-corrected chi connectivity index (χ1v) is 8.23. The molecule has 1 aliphatic rings. The lowest BCUT2D eigenvalue weighted by Crippen LogP contribution is -2.36. The molecule has 0 unspecified atom stereocenters. The molecular weight excluding hydrogens is 324 g/mol. The van der Waals surface area contributed by atoms with Crippen LogP contribution in [-0.4, -0.2) is 72.7 Å². The summed E-state index contributed by atoms with van der Waals surface area (Å²) >= 11 is 0. The summed E-state index contributed by atoms with van der Waals surface area (Å²) in [6.07, 6.45) is 0. The monoisotopic (exact) mass is 346 g/mol. The Morgan fingerprint density at radius 1 is 1.28 bits per heavy atom. The number of nitrogens with zero attached hydrogens (tertiary/aromatic N) is 5. The Labute approximate surface area is 145 Å². The second kappa shape index (κ2) is 8.54. The van der Waals surface area contributed by atoms with Gasteiger partial charge in [0.05, 0.1) is 19.8 Å². The number of aromatic nitrogens is 4. The maximum absolute atomic E-state index is 11.7. The minimum atomic E-state index is -0.177. The van der Waals surface area contributed by atoms with Gasteiger partial charge in [0.25, 0.3) is 0 Å². The number of amides is 1. The third-order valence-electron chi connectivity index (χ3n) is 3.87.